The summed E-state index contributed by atoms with van der Waals surface area (Å²) in [6.45, 7) is 3.23. The van der Waals surface area contributed by atoms with E-state index in [-0.39, 0.29) is 12.5 Å². The van der Waals surface area contributed by atoms with Crippen LogP contribution in [0.5, 0.6) is 5.75 Å². The van der Waals surface area contributed by atoms with E-state index in [1.165, 1.54) is 6.33 Å². The van der Waals surface area contributed by atoms with Gasteiger partial charge in [0.15, 0.2) is 11.5 Å². The second-order valence-corrected chi connectivity index (χ2v) is 11.4. The molecule has 0 radical (unpaired) electrons. The smallest absolute Gasteiger partial charge is 0.272 e. The van der Waals surface area contributed by atoms with Gasteiger partial charge in [-0.1, -0.05) is 41.9 Å². The Kier molecular flexibility index (Phi) is 8.93. The number of para-hydroxylation sites is 1. The second kappa shape index (κ2) is 12.3. The van der Waals surface area contributed by atoms with Gasteiger partial charge in [-0.15, -0.1) is 0 Å². The molecule has 0 aliphatic rings. The van der Waals surface area contributed by atoms with Crippen LogP contribution in [0.3, 0.4) is 0 Å². The van der Waals surface area contributed by atoms with Gasteiger partial charge in [-0.2, -0.15) is 0 Å². The Labute approximate surface area is 215 Å². The summed E-state index contributed by atoms with van der Waals surface area (Å²) < 4.78 is 33.3. The molecule has 2 aromatic carbocycles. The van der Waals surface area contributed by atoms with E-state index in [4.69, 9.17) is 31.3 Å². The van der Waals surface area contributed by atoms with Crippen molar-refractivity contribution < 1.29 is 18.6 Å². The van der Waals surface area contributed by atoms with E-state index < -0.39 is 7.37 Å². The second-order valence-electron chi connectivity index (χ2n) is 8.41. The number of benzene rings is 2. The lowest BCUT2D eigenvalue weighted by molar-refractivity contribution is 0.0825. The third-order valence-corrected chi connectivity index (χ3v) is 7.72. The molecule has 9 nitrogen and oxygen atoms in total. The minimum Gasteiger partial charge on any atom is -0.441 e. The Balaban J connectivity index is 1.33. The number of nitrogens with two attached hydrogens (primary N) is 1. The molecule has 11 heteroatoms. The maximum atomic E-state index is 13.7. The minimum atomic E-state index is -3.15. The largest absolute Gasteiger partial charge is 0.441 e. The fraction of sp³-hybridized carbons (Fsp3) is 0.320. The number of nitrogens with zero attached hydrogens (tertiary/aromatic N) is 4. The molecule has 0 fully saturated rings. The fourth-order valence-electron chi connectivity index (χ4n) is 3.64. The molecule has 4 aromatic rings. The Bertz CT molecular complexity index is 1320. The van der Waals surface area contributed by atoms with Gasteiger partial charge in [0, 0.05) is 17.8 Å². The van der Waals surface area contributed by atoms with Gasteiger partial charge >= 0.3 is 0 Å². The number of rotatable bonds is 13. The molecule has 4 rings (SSSR count). The number of ether oxygens (including phenoxy) is 2. The average Bonchev–Trinajstić information content (AvgIpc) is 3.27. The molecule has 2 aromatic heterocycles. The van der Waals surface area contributed by atoms with Crippen molar-refractivity contribution >= 4 is 36.0 Å². The van der Waals surface area contributed by atoms with Crippen molar-refractivity contribution in [3.05, 3.63) is 77.8 Å². The van der Waals surface area contributed by atoms with Crippen molar-refractivity contribution in [2.75, 3.05) is 24.9 Å². The first-order valence-corrected chi connectivity index (χ1v) is 14.0. The number of anilines is 1. The maximum Gasteiger partial charge on any atom is 0.272 e. The van der Waals surface area contributed by atoms with Crippen molar-refractivity contribution in [2.45, 2.75) is 32.6 Å². The summed E-state index contributed by atoms with van der Waals surface area (Å²) in [5, 5.41) is 0.669. The van der Waals surface area contributed by atoms with E-state index in [1.807, 2.05) is 54.0 Å². The highest BCUT2D eigenvalue weighted by atomic mass is 35.5. The van der Waals surface area contributed by atoms with E-state index in [1.54, 1.807) is 18.5 Å². The van der Waals surface area contributed by atoms with Crippen LogP contribution >= 0.6 is 19.0 Å². The van der Waals surface area contributed by atoms with Crippen LogP contribution in [0.2, 0.25) is 5.02 Å². The highest BCUT2D eigenvalue weighted by molar-refractivity contribution is 7.59. The molecule has 0 saturated carbocycles. The summed E-state index contributed by atoms with van der Waals surface area (Å²) in [6.07, 6.45) is 3.63. The third kappa shape index (κ3) is 7.27. The summed E-state index contributed by atoms with van der Waals surface area (Å²) in [6, 6.07) is 16.7. The Morgan fingerprint density at radius 3 is 2.75 bits per heavy atom. The summed E-state index contributed by atoms with van der Waals surface area (Å²) in [4.78, 5) is 12.5. The van der Waals surface area contributed by atoms with Gasteiger partial charge in [0.25, 0.3) is 7.37 Å². The van der Waals surface area contributed by atoms with E-state index in [0.717, 1.165) is 5.56 Å². The van der Waals surface area contributed by atoms with Crippen molar-refractivity contribution in [1.82, 2.24) is 19.5 Å². The van der Waals surface area contributed by atoms with Crippen molar-refractivity contribution in [3.8, 4) is 5.75 Å². The standard InChI is InChI=1S/C25H29ClN5O4P/c1-19(14-31-17-30-23-24(27)28-16-29-25(23)31)34-18-36(32,35-22-9-3-2-4-10-22)12-6-11-33-15-20-7-5-8-21(26)13-20/h2-5,7-10,13,16-17,19H,6,11-12,14-15,18H2,1H3,(H2,27,28,29)/t19-,36?/m1/s1. The number of nitrogen functional groups attached to an aromatic ring is 1. The fourth-order valence-corrected chi connectivity index (χ4v) is 5.72. The molecular formula is C25H29ClN5O4P. The number of halogens is 1. The lowest BCUT2D eigenvalue weighted by Crippen LogP contribution is -2.19. The third-order valence-electron chi connectivity index (χ3n) is 5.40. The van der Waals surface area contributed by atoms with Gasteiger partial charge < -0.3 is 24.3 Å². The van der Waals surface area contributed by atoms with Crippen LogP contribution in [0.25, 0.3) is 11.2 Å². The van der Waals surface area contributed by atoms with Crippen LogP contribution in [0.1, 0.15) is 18.9 Å². The molecule has 0 saturated heterocycles. The lowest BCUT2D eigenvalue weighted by atomic mass is 10.2. The molecule has 0 aliphatic heterocycles. The Morgan fingerprint density at radius 2 is 1.94 bits per heavy atom. The molecule has 0 amide bonds. The molecule has 0 aliphatic carbocycles. The molecular weight excluding hydrogens is 501 g/mol. The zero-order valence-electron chi connectivity index (χ0n) is 20.0. The summed E-state index contributed by atoms with van der Waals surface area (Å²) in [5.74, 6) is 0.871. The predicted octanol–water partition coefficient (Wildman–Crippen LogP) is 5.39. The van der Waals surface area contributed by atoms with Crippen molar-refractivity contribution in [3.63, 3.8) is 0 Å². The molecule has 2 N–H and O–H groups in total. The Morgan fingerprint density at radius 1 is 1.11 bits per heavy atom. The highest BCUT2D eigenvalue weighted by Crippen LogP contribution is 2.48. The average molecular weight is 530 g/mol. The first-order chi connectivity index (χ1) is 17.4. The lowest BCUT2D eigenvalue weighted by Gasteiger charge is -2.22. The summed E-state index contributed by atoms with van der Waals surface area (Å²) in [7, 11) is -3.15. The zero-order valence-corrected chi connectivity index (χ0v) is 21.6. The molecule has 2 heterocycles. The van der Waals surface area contributed by atoms with E-state index in [0.29, 0.717) is 60.1 Å². The molecule has 0 spiro atoms. The maximum absolute atomic E-state index is 13.7. The van der Waals surface area contributed by atoms with E-state index in [2.05, 4.69) is 15.0 Å². The quantitative estimate of drug-likeness (QED) is 0.181. The van der Waals surface area contributed by atoms with Crippen LogP contribution < -0.4 is 10.3 Å². The first kappa shape index (κ1) is 26.1. The van der Waals surface area contributed by atoms with Gasteiger partial charge in [0.1, 0.15) is 23.9 Å². The SMILES string of the molecule is C[C@H](Cn1cnc2c(N)ncnc21)OCP(=O)(CCCOCc1cccc(Cl)c1)Oc1ccccc1. The van der Waals surface area contributed by atoms with Crippen LogP contribution in [0.4, 0.5) is 5.82 Å². The molecule has 36 heavy (non-hydrogen) atoms. The van der Waals surface area contributed by atoms with Gasteiger partial charge in [0.2, 0.25) is 0 Å². The van der Waals surface area contributed by atoms with Gasteiger partial charge in [-0.05, 0) is 43.2 Å². The normalized spacial score (nSPS) is 13.9. The van der Waals surface area contributed by atoms with Gasteiger partial charge in [-0.25, -0.2) is 15.0 Å². The van der Waals surface area contributed by atoms with Crippen molar-refractivity contribution in [1.29, 1.82) is 0 Å². The molecule has 190 valence electrons. The monoisotopic (exact) mass is 529 g/mol. The molecule has 2 atom stereocenters. The number of aromatic nitrogens is 4. The Hall–Kier alpha value is -2.97. The first-order valence-electron chi connectivity index (χ1n) is 11.6. The van der Waals surface area contributed by atoms with Gasteiger partial charge in [-0.3, -0.25) is 4.57 Å². The summed E-state index contributed by atoms with van der Waals surface area (Å²) in [5.41, 5.74) is 8.02. The number of fused-ring (bicyclic) bond motifs is 1. The summed E-state index contributed by atoms with van der Waals surface area (Å²) >= 11 is 6.02. The van der Waals surface area contributed by atoms with Crippen molar-refractivity contribution in [2.24, 2.45) is 0 Å². The van der Waals surface area contributed by atoms with Crippen LogP contribution in [-0.2, 0) is 27.2 Å². The number of hydrogen-bond acceptors (Lipinski definition) is 8. The highest BCUT2D eigenvalue weighted by Gasteiger charge is 2.26. The van der Waals surface area contributed by atoms with Crippen LogP contribution in [0, 0.1) is 0 Å². The minimum absolute atomic E-state index is 0.0267. The molecule has 1 unspecified atom stereocenters. The predicted molar refractivity (Wildman–Crippen MR) is 140 cm³/mol. The zero-order chi connectivity index (χ0) is 25.4. The van der Waals surface area contributed by atoms with Crippen LogP contribution in [-0.4, -0.2) is 44.7 Å². The van der Waals surface area contributed by atoms with Gasteiger partial charge in [0.05, 0.1) is 25.6 Å². The van der Waals surface area contributed by atoms with Crippen LogP contribution in [0.15, 0.2) is 67.3 Å². The molecule has 0 bridgehead atoms. The van der Waals surface area contributed by atoms with E-state index in [9.17, 15) is 4.57 Å². The number of hydrogen-bond donors (Lipinski definition) is 1. The van der Waals surface area contributed by atoms with E-state index >= 15 is 0 Å². The topological polar surface area (TPSA) is 114 Å². The number of imidazole rings is 1.